The first-order chi connectivity index (χ1) is 14.4. The maximum Gasteiger partial charge on any atom is 0.303 e. The summed E-state index contributed by atoms with van der Waals surface area (Å²) in [6.45, 7) is 0.618. The van der Waals surface area contributed by atoms with E-state index in [4.69, 9.17) is 4.98 Å². The molecule has 30 heavy (non-hydrogen) atoms. The summed E-state index contributed by atoms with van der Waals surface area (Å²) in [6.07, 6.45) is 1.09. The summed E-state index contributed by atoms with van der Waals surface area (Å²) in [4.78, 5) is 16.4. The van der Waals surface area contributed by atoms with Crippen LogP contribution in [0.1, 0.15) is 18.7 Å². The monoisotopic (exact) mass is 427 g/mol. The van der Waals surface area contributed by atoms with Gasteiger partial charge in [0.05, 0.1) is 15.9 Å². The standard InChI is InChI=1S/C22H25N3O4S/c1-24-20-10-6-5-9-19(20)23-21(24)13-17-15-25(12-11-16(17)14-22(26)27)30(28,29)18-7-3-2-4-8-18/h2-10,16-17H,11-15H2,1H3,(H,26,27)/t16-,17-/m0/s1. The quantitative estimate of drug-likeness (QED) is 0.653. The van der Waals surface area contributed by atoms with Crippen LogP contribution in [0.2, 0.25) is 0 Å². The van der Waals surface area contributed by atoms with Crippen molar-refractivity contribution in [3.05, 3.63) is 60.4 Å². The Morgan fingerprint density at radius 1 is 1.10 bits per heavy atom. The maximum absolute atomic E-state index is 13.1. The van der Waals surface area contributed by atoms with Gasteiger partial charge in [-0.1, -0.05) is 30.3 Å². The second-order valence-electron chi connectivity index (χ2n) is 7.86. The lowest BCUT2D eigenvalue weighted by Gasteiger charge is -2.37. The summed E-state index contributed by atoms with van der Waals surface area (Å²) in [7, 11) is -1.67. The third-order valence-electron chi connectivity index (χ3n) is 6.00. The Labute approximate surface area is 176 Å². The van der Waals surface area contributed by atoms with Crippen LogP contribution in [0.25, 0.3) is 11.0 Å². The molecule has 0 saturated carbocycles. The number of hydrogen-bond donors (Lipinski definition) is 1. The predicted molar refractivity (Wildman–Crippen MR) is 113 cm³/mol. The van der Waals surface area contributed by atoms with E-state index < -0.39 is 16.0 Å². The Bertz CT molecular complexity index is 1160. The smallest absolute Gasteiger partial charge is 0.303 e. The molecular weight excluding hydrogens is 402 g/mol. The highest BCUT2D eigenvalue weighted by atomic mass is 32.2. The van der Waals surface area contributed by atoms with Gasteiger partial charge in [0.15, 0.2) is 0 Å². The van der Waals surface area contributed by atoms with Crippen LogP contribution in [0.15, 0.2) is 59.5 Å². The van der Waals surface area contributed by atoms with Crippen LogP contribution in [0.4, 0.5) is 0 Å². The zero-order valence-electron chi connectivity index (χ0n) is 16.8. The minimum absolute atomic E-state index is 0.0355. The van der Waals surface area contributed by atoms with Gasteiger partial charge in [0, 0.05) is 33.0 Å². The number of hydrogen-bond acceptors (Lipinski definition) is 4. The van der Waals surface area contributed by atoms with Crippen LogP contribution >= 0.6 is 0 Å². The van der Waals surface area contributed by atoms with Crippen LogP contribution < -0.4 is 0 Å². The van der Waals surface area contributed by atoms with Crippen LogP contribution in [0.5, 0.6) is 0 Å². The van der Waals surface area contributed by atoms with Crippen molar-refractivity contribution < 1.29 is 18.3 Å². The van der Waals surface area contributed by atoms with Crippen molar-refractivity contribution in [3.63, 3.8) is 0 Å². The van der Waals surface area contributed by atoms with Crippen LogP contribution in [-0.4, -0.2) is 46.4 Å². The molecule has 1 aliphatic heterocycles. The van der Waals surface area contributed by atoms with E-state index in [1.807, 2.05) is 35.9 Å². The van der Waals surface area contributed by atoms with Gasteiger partial charge in [0.1, 0.15) is 5.82 Å². The number of rotatable bonds is 6. The Balaban J connectivity index is 1.63. The first kappa shape index (κ1) is 20.6. The highest BCUT2D eigenvalue weighted by molar-refractivity contribution is 7.89. The highest BCUT2D eigenvalue weighted by Crippen LogP contribution is 2.32. The fourth-order valence-corrected chi connectivity index (χ4v) is 5.88. The second-order valence-corrected chi connectivity index (χ2v) is 9.80. The molecule has 0 aliphatic carbocycles. The van der Waals surface area contributed by atoms with Gasteiger partial charge in [0.25, 0.3) is 0 Å². The van der Waals surface area contributed by atoms with Crippen molar-refractivity contribution in [1.82, 2.24) is 13.9 Å². The number of piperidine rings is 1. The van der Waals surface area contributed by atoms with Gasteiger partial charge >= 0.3 is 5.97 Å². The average molecular weight is 428 g/mol. The SMILES string of the molecule is Cn1c(C[C@H]2CN(S(=O)(=O)c3ccccc3)CC[C@H]2CC(=O)O)nc2ccccc21. The van der Waals surface area contributed by atoms with Crippen molar-refractivity contribution >= 4 is 27.0 Å². The molecule has 7 nitrogen and oxygen atoms in total. The number of carbonyl (C=O) groups is 1. The number of sulfonamides is 1. The number of aryl methyl sites for hydroxylation is 1. The average Bonchev–Trinajstić information content (AvgIpc) is 3.05. The normalized spacial score (nSPS) is 20.4. The zero-order chi connectivity index (χ0) is 21.3. The number of benzene rings is 2. The summed E-state index contributed by atoms with van der Waals surface area (Å²) in [5, 5.41) is 9.37. The van der Waals surface area contributed by atoms with Gasteiger partial charge in [-0.05, 0) is 42.5 Å². The molecule has 1 aromatic heterocycles. The summed E-state index contributed by atoms with van der Waals surface area (Å²) in [5.74, 6) is -0.224. The lowest BCUT2D eigenvalue weighted by Crippen LogP contribution is -2.45. The Hall–Kier alpha value is -2.71. The molecule has 2 atom stereocenters. The number of carboxylic acids is 1. The molecule has 8 heteroatoms. The van der Waals surface area contributed by atoms with E-state index >= 15 is 0 Å². The molecular formula is C22H25N3O4S. The largest absolute Gasteiger partial charge is 0.481 e. The number of aromatic nitrogens is 2. The Morgan fingerprint density at radius 2 is 1.80 bits per heavy atom. The maximum atomic E-state index is 13.1. The minimum atomic E-state index is -3.62. The van der Waals surface area contributed by atoms with E-state index in [9.17, 15) is 18.3 Å². The van der Waals surface area contributed by atoms with E-state index in [2.05, 4.69) is 0 Å². The number of imidazole rings is 1. The predicted octanol–water partition coefficient (Wildman–Crippen LogP) is 2.92. The third-order valence-corrected chi connectivity index (χ3v) is 7.88. The van der Waals surface area contributed by atoms with E-state index in [1.54, 1.807) is 30.3 Å². The fraction of sp³-hybridized carbons (Fsp3) is 0.364. The number of fused-ring (bicyclic) bond motifs is 1. The number of carboxylic acid groups (broad SMARTS) is 1. The van der Waals surface area contributed by atoms with Crippen molar-refractivity contribution in [2.45, 2.75) is 24.2 Å². The number of para-hydroxylation sites is 2. The summed E-state index contributed by atoms with van der Waals surface area (Å²) < 4.78 is 29.7. The number of nitrogens with zero attached hydrogens (tertiary/aromatic N) is 3. The van der Waals surface area contributed by atoms with Crippen LogP contribution in [0.3, 0.4) is 0 Å². The van der Waals surface area contributed by atoms with Gasteiger partial charge in [0.2, 0.25) is 10.0 Å². The minimum Gasteiger partial charge on any atom is -0.481 e. The highest BCUT2D eigenvalue weighted by Gasteiger charge is 2.37. The van der Waals surface area contributed by atoms with Gasteiger partial charge in [-0.15, -0.1) is 0 Å². The van der Waals surface area contributed by atoms with E-state index in [0.29, 0.717) is 25.9 Å². The first-order valence-corrected chi connectivity index (χ1v) is 11.5. The van der Waals surface area contributed by atoms with Gasteiger partial charge in [-0.25, -0.2) is 13.4 Å². The Morgan fingerprint density at radius 3 is 2.50 bits per heavy atom. The molecule has 3 aromatic rings. The van der Waals surface area contributed by atoms with Crippen molar-refractivity contribution in [2.75, 3.05) is 13.1 Å². The molecule has 1 N–H and O–H groups in total. The molecule has 0 bridgehead atoms. The molecule has 158 valence electrons. The lowest BCUT2D eigenvalue weighted by molar-refractivity contribution is -0.138. The van der Waals surface area contributed by atoms with E-state index in [0.717, 1.165) is 16.9 Å². The van der Waals surface area contributed by atoms with Crippen LogP contribution in [0, 0.1) is 11.8 Å². The third kappa shape index (κ3) is 3.97. The topological polar surface area (TPSA) is 92.5 Å². The lowest BCUT2D eigenvalue weighted by atomic mass is 9.82. The zero-order valence-corrected chi connectivity index (χ0v) is 17.6. The summed E-state index contributed by atoms with van der Waals surface area (Å²) in [6, 6.07) is 16.2. The molecule has 2 heterocycles. The first-order valence-electron chi connectivity index (χ1n) is 10.0. The number of aliphatic carboxylic acids is 1. The summed E-state index contributed by atoms with van der Waals surface area (Å²) in [5.41, 5.74) is 1.89. The summed E-state index contributed by atoms with van der Waals surface area (Å²) >= 11 is 0. The molecule has 0 unspecified atom stereocenters. The van der Waals surface area contributed by atoms with Gasteiger partial charge in [-0.2, -0.15) is 4.31 Å². The van der Waals surface area contributed by atoms with E-state index in [1.165, 1.54) is 4.31 Å². The van der Waals surface area contributed by atoms with Crippen molar-refractivity contribution in [1.29, 1.82) is 0 Å². The van der Waals surface area contributed by atoms with E-state index in [-0.39, 0.29) is 23.2 Å². The van der Waals surface area contributed by atoms with Crippen molar-refractivity contribution in [2.24, 2.45) is 18.9 Å². The molecule has 1 aliphatic rings. The molecule has 0 spiro atoms. The fourth-order valence-electron chi connectivity index (χ4n) is 4.34. The molecule has 2 aromatic carbocycles. The molecule has 4 rings (SSSR count). The van der Waals surface area contributed by atoms with Gasteiger partial charge < -0.3 is 9.67 Å². The molecule has 1 fully saturated rings. The second kappa shape index (κ2) is 8.20. The molecule has 1 saturated heterocycles. The van der Waals surface area contributed by atoms with Gasteiger partial charge in [-0.3, -0.25) is 4.79 Å². The Kier molecular flexibility index (Phi) is 5.62. The van der Waals surface area contributed by atoms with Crippen molar-refractivity contribution in [3.8, 4) is 0 Å². The van der Waals surface area contributed by atoms with Crippen LogP contribution in [-0.2, 0) is 28.3 Å². The molecule has 0 radical (unpaired) electrons. The molecule has 0 amide bonds.